The number of unbranched alkanes of at least 4 members (excludes halogenated alkanes) is 3. The maximum atomic E-state index is 6.15. The van der Waals surface area contributed by atoms with Crippen LogP contribution < -0.4 is 10.1 Å². The molecule has 0 saturated heterocycles. The summed E-state index contributed by atoms with van der Waals surface area (Å²) >= 11 is 6.15. The van der Waals surface area contributed by atoms with Gasteiger partial charge in [0.05, 0.1) is 0 Å². The summed E-state index contributed by atoms with van der Waals surface area (Å²) < 4.78 is 6.02. The Labute approximate surface area is 163 Å². The van der Waals surface area contributed by atoms with Crippen LogP contribution in [0.3, 0.4) is 0 Å². The number of hydrogen-bond acceptors (Lipinski definition) is 2. The van der Waals surface area contributed by atoms with Crippen molar-refractivity contribution in [3.05, 3.63) is 64.2 Å². The first-order chi connectivity index (χ1) is 11.7. The molecule has 2 nitrogen and oxygen atoms in total. The summed E-state index contributed by atoms with van der Waals surface area (Å²) in [4.78, 5) is 0. The molecule has 4 heteroatoms. The van der Waals surface area contributed by atoms with Crippen molar-refractivity contribution < 1.29 is 4.74 Å². The molecule has 0 radical (unpaired) electrons. The number of rotatable bonds is 10. The second kappa shape index (κ2) is 12.2. The average Bonchev–Trinajstić information content (AvgIpc) is 2.58. The molecule has 0 heterocycles. The second-order valence-corrected chi connectivity index (χ2v) is 6.70. The molecule has 0 fully saturated rings. The lowest BCUT2D eigenvalue weighted by molar-refractivity contribution is 0.302. The van der Waals surface area contributed by atoms with Crippen LogP contribution in [0.5, 0.6) is 5.75 Å². The van der Waals surface area contributed by atoms with E-state index in [1.807, 2.05) is 18.2 Å². The molecule has 138 valence electrons. The molecule has 0 unspecified atom stereocenters. The Kier molecular flexibility index (Phi) is 10.6. The van der Waals surface area contributed by atoms with E-state index < -0.39 is 0 Å². The predicted octanol–water partition coefficient (Wildman–Crippen LogP) is 6.32. The number of hydrogen-bond donors (Lipinski definition) is 1. The fraction of sp³-hybridized carbons (Fsp3) is 0.429. The topological polar surface area (TPSA) is 21.3 Å². The van der Waals surface area contributed by atoms with Gasteiger partial charge in [-0.2, -0.15) is 0 Å². The summed E-state index contributed by atoms with van der Waals surface area (Å²) in [6.45, 7) is 6.72. The van der Waals surface area contributed by atoms with Crippen molar-refractivity contribution in [3.63, 3.8) is 0 Å². The van der Waals surface area contributed by atoms with Crippen LogP contribution in [-0.4, -0.2) is 6.54 Å². The lowest BCUT2D eigenvalue weighted by atomic mass is 10.1. The Bertz CT molecular complexity index is 614. The van der Waals surface area contributed by atoms with Crippen LogP contribution >= 0.6 is 24.0 Å². The molecule has 0 aliphatic carbocycles. The van der Waals surface area contributed by atoms with Crippen LogP contribution in [0.15, 0.2) is 42.5 Å². The Morgan fingerprint density at radius 3 is 2.48 bits per heavy atom. The van der Waals surface area contributed by atoms with Crippen LogP contribution in [0.1, 0.15) is 49.3 Å². The van der Waals surface area contributed by atoms with Crippen LogP contribution in [0, 0.1) is 6.92 Å². The maximum absolute atomic E-state index is 6.15. The summed E-state index contributed by atoms with van der Waals surface area (Å²) in [6.07, 6.45) is 5.08. The number of aryl methyl sites for hydroxylation is 1. The van der Waals surface area contributed by atoms with E-state index in [0.29, 0.717) is 6.61 Å². The molecule has 0 aromatic heterocycles. The third kappa shape index (κ3) is 8.13. The van der Waals surface area contributed by atoms with Crippen molar-refractivity contribution in [1.82, 2.24) is 5.32 Å². The van der Waals surface area contributed by atoms with Crippen molar-refractivity contribution >= 4 is 24.0 Å². The highest BCUT2D eigenvalue weighted by atomic mass is 35.5. The van der Waals surface area contributed by atoms with Gasteiger partial charge in [0.25, 0.3) is 0 Å². The van der Waals surface area contributed by atoms with Gasteiger partial charge in [-0.3, -0.25) is 0 Å². The van der Waals surface area contributed by atoms with Gasteiger partial charge in [0.15, 0.2) is 0 Å². The zero-order chi connectivity index (χ0) is 17.2. The third-order valence-corrected chi connectivity index (χ3v) is 4.30. The smallest absolute Gasteiger partial charge is 0.124 e. The summed E-state index contributed by atoms with van der Waals surface area (Å²) in [6, 6.07) is 14.3. The monoisotopic (exact) mass is 381 g/mol. The Morgan fingerprint density at radius 2 is 1.76 bits per heavy atom. The summed E-state index contributed by atoms with van der Waals surface area (Å²) in [5, 5.41) is 4.25. The van der Waals surface area contributed by atoms with Gasteiger partial charge in [0.1, 0.15) is 12.4 Å². The van der Waals surface area contributed by atoms with Crippen molar-refractivity contribution in [2.75, 3.05) is 6.54 Å². The molecular formula is C21H29Cl2NO. The average molecular weight is 382 g/mol. The largest absolute Gasteiger partial charge is 0.489 e. The molecule has 0 saturated carbocycles. The second-order valence-electron chi connectivity index (χ2n) is 6.26. The molecule has 0 amide bonds. The number of ether oxygens (including phenoxy) is 1. The quantitative estimate of drug-likeness (QED) is 0.486. The van der Waals surface area contributed by atoms with Crippen LogP contribution in [0.2, 0.25) is 5.02 Å². The molecular weight excluding hydrogens is 353 g/mol. The van der Waals surface area contributed by atoms with Crippen molar-refractivity contribution in [2.45, 2.75) is 52.7 Å². The van der Waals surface area contributed by atoms with Gasteiger partial charge in [0.2, 0.25) is 0 Å². The minimum absolute atomic E-state index is 0. The zero-order valence-corrected chi connectivity index (χ0v) is 16.8. The lowest BCUT2D eigenvalue weighted by Crippen LogP contribution is -2.15. The minimum atomic E-state index is 0. The van der Waals surface area contributed by atoms with Crippen molar-refractivity contribution in [2.24, 2.45) is 0 Å². The van der Waals surface area contributed by atoms with Crippen molar-refractivity contribution in [3.8, 4) is 5.75 Å². The molecule has 0 atom stereocenters. The first-order valence-corrected chi connectivity index (χ1v) is 9.24. The summed E-state index contributed by atoms with van der Waals surface area (Å²) in [5.74, 6) is 0.904. The highest BCUT2D eigenvalue weighted by molar-refractivity contribution is 6.30. The van der Waals surface area contributed by atoms with Gasteiger partial charge >= 0.3 is 0 Å². The standard InChI is InChI=1S/C21H28ClNO.ClH/c1-3-4-5-6-13-23-15-19-14-20(22)11-12-21(19)24-16-18-9-7-17(2)8-10-18;/h7-12,14,23H,3-6,13,15-16H2,1-2H3;1H. The van der Waals surface area contributed by atoms with E-state index in [4.69, 9.17) is 16.3 Å². The third-order valence-electron chi connectivity index (χ3n) is 4.06. The van der Waals surface area contributed by atoms with E-state index >= 15 is 0 Å². The van der Waals surface area contributed by atoms with Crippen LogP contribution in [-0.2, 0) is 13.2 Å². The first kappa shape index (κ1) is 21.8. The maximum Gasteiger partial charge on any atom is 0.124 e. The van der Waals surface area contributed by atoms with Gasteiger partial charge in [-0.1, -0.05) is 67.6 Å². The van der Waals surface area contributed by atoms with E-state index in [0.717, 1.165) is 29.4 Å². The van der Waals surface area contributed by atoms with E-state index in [2.05, 4.69) is 43.4 Å². The van der Waals surface area contributed by atoms with Gasteiger partial charge < -0.3 is 10.1 Å². The fourth-order valence-electron chi connectivity index (χ4n) is 2.57. The first-order valence-electron chi connectivity index (χ1n) is 8.86. The zero-order valence-electron chi connectivity index (χ0n) is 15.2. The highest BCUT2D eigenvalue weighted by Gasteiger charge is 2.05. The number of halogens is 2. The Morgan fingerprint density at radius 1 is 1.00 bits per heavy atom. The minimum Gasteiger partial charge on any atom is -0.489 e. The van der Waals surface area contributed by atoms with E-state index in [9.17, 15) is 0 Å². The number of benzene rings is 2. The SMILES string of the molecule is CCCCCCNCc1cc(Cl)ccc1OCc1ccc(C)cc1.Cl. The molecule has 25 heavy (non-hydrogen) atoms. The molecule has 0 aliphatic rings. The Hall–Kier alpha value is -1.22. The lowest BCUT2D eigenvalue weighted by Gasteiger charge is -2.13. The molecule has 2 rings (SSSR count). The molecule has 2 aromatic carbocycles. The molecule has 0 bridgehead atoms. The normalized spacial score (nSPS) is 10.4. The molecule has 0 spiro atoms. The summed E-state index contributed by atoms with van der Waals surface area (Å²) in [7, 11) is 0. The van der Waals surface area contributed by atoms with Crippen LogP contribution in [0.25, 0.3) is 0 Å². The van der Waals surface area contributed by atoms with E-state index in [-0.39, 0.29) is 12.4 Å². The fourth-order valence-corrected chi connectivity index (χ4v) is 2.77. The summed E-state index contributed by atoms with van der Waals surface area (Å²) in [5.41, 5.74) is 3.55. The molecule has 0 aliphatic heterocycles. The van der Waals surface area contributed by atoms with Crippen molar-refractivity contribution in [1.29, 1.82) is 0 Å². The van der Waals surface area contributed by atoms with E-state index in [1.54, 1.807) is 0 Å². The molecule has 2 aromatic rings. The predicted molar refractivity (Wildman–Crippen MR) is 110 cm³/mol. The highest BCUT2D eigenvalue weighted by Crippen LogP contribution is 2.24. The van der Waals surface area contributed by atoms with Gasteiger partial charge in [-0.15, -0.1) is 12.4 Å². The molecule has 1 N–H and O–H groups in total. The van der Waals surface area contributed by atoms with Gasteiger partial charge in [-0.25, -0.2) is 0 Å². The number of nitrogens with one attached hydrogen (secondary N) is 1. The Balaban J connectivity index is 0.00000312. The van der Waals surface area contributed by atoms with Gasteiger partial charge in [0, 0.05) is 17.1 Å². The van der Waals surface area contributed by atoms with Crippen LogP contribution in [0.4, 0.5) is 0 Å². The van der Waals surface area contributed by atoms with Gasteiger partial charge in [-0.05, 0) is 43.7 Å². The van der Waals surface area contributed by atoms with E-state index in [1.165, 1.54) is 36.8 Å².